The standard InChI is InChI=1S/C24H19F3N2O4/c1-30-19-12-16(13-20(31-2)22(19)32-3)33-23-21(14-7-5-4-6-8-14)28-17-10-9-15(24(25,26)27)11-18(17)29-23/h4-13H,1-3H3. The van der Waals surface area contributed by atoms with Gasteiger partial charge in [0.1, 0.15) is 11.4 Å². The van der Waals surface area contributed by atoms with Crippen molar-refractivity contribution in [2.24, 2.45) is 0 Å². The van der Waals surface area contributed by atoms with Crippen molar-refractivity contribution in [3.8, 4) is 40.1 Å². The molecule has 9 heteroatoms. The third-order valence-corrected chi connectivity index (χ3v) is 4.86. The SMILES string of the molecule is COc1cc(Oc2nc3cc(C(F)(F)F)ccc3nc2-c2ccccc2)cc(OC)c1OC. The predicted molar refractivity (Wildman–Crippen MR) is 116 cm³/mol. The molecular weight excluding hydrogens is 437 g/mol. The van der Waals surface area contributed by atoms with Gasteiger partial charge in [-0.15, -0.1) is 0 Å². The molecule has 0 N–H and O–H groups in total. The Bertz CT molecular complexity index is 1270. The molecule has 1 heterocycles. The Morgan fingerprint density at radius 1 is 0.727 bits per heavy atom. The van der Waals surface area contributed by atoms with Crippen molar-refractivity contribution in [2.45, 2.75) is 6.18 Å². The first-order valence-electron chi connectivity index (χ1n) is 9.76. The quantitative estimate of drug-likeness (QED) is 0.348. The van der Waals surface area contributed by atoms with Gasteiger partial charge < -0.3 is 18.9 Å². The number of hydrogen-bond acceptors (Lipinski definition) is 6. The minimum Gasteiger partial charge on any atom is -0.493 e. The molecule has 0 atom stereocenters. The summed E-state index contributed by atoms with van der Waals surface area (Å²) in [5.74, 6) is 1.38. The monoisotopic (exact) mass is 456 g/mol. The predicted octanol–water partition coefficient (Wildman–Crippen LogP) is 6.13. The van der Waals surface area contributed by atoms with Gasteiger partial charge in [0.15, 0.2) is 11.5 Å². The summed E-state index contributed by atoms with van der Waals surface area (Å²) >= 11 is 0. The molecule has 33 heavy (non-hydrogen) atoms. The highest BCUT2D eigenvalue weighted by atomic mass is 19.4. The van der Waals surface area contributed by atoms with Crippen LogP contribution in [0.25, 0.3) is 22.3 Å². The molecule has 0 saturated heterocycles. The van der Waals surface area contributed by atoms with Gasteiger partial charge in [-0.3, -0.25) is 0 Å². The minimum absolute atomic E-state index is 0.0299. The number of nitrogens with zero attached hydrogens (tertiary/aromatic N) is 2. The summed E-state index contributed by atoms with van der Waals surface area (Å²) in [5.41, 5.74) is 0.590. The van der Waals surface area contributed by atoms with Crippen LogP contribution in [0.4, 0.5) is 13.2 Å². The average molecular weight is 456 g/mol. The fourth-order valence-corrected chi connectivity index (χ4v) is 3.30. The molecule has 4 aromatic rings. The Hall–Kier alpha value is -4.01. The van der Waals surface area contributed by atoms with E-state index in [1.807, 2.05) is 30.3 Å². The highest BCUT2D eigenvalue weighted by Gasteiger charge is 2.31. The third kappa shape index (κ3) is 4.48. The zero-order valence-electron chi connectivity index (χ0n) is 17.9. The van der Waals surface area contributed by atoms with Gasteiger partial charge in [-0.05, 0) is 18.2 Å². The lowest BCUT2D eigenvalue weighted by molar-refractivity contribution is -0.137. The van der Waals surface area contributed by atoms with Gasteiger partial charge in [0.05, 0.1) is 37.9 Å². The molecule has 0 fully saturated rings. The maximum absolute atomic E-state index is 13.2. The Balaban J connectivity index is 1.89. The average Bonchev–Trinajstić information content (AvgIpc) is 2.82. The number of benzene rings is 3. The van der Waals surface area contributed by atoms with Gasteiger partial charge in [-0.1, -0.05) is 30.3 Å². The van der Waals surface area contributed by atoms with E-state index < -0.39 is 11.7 Å². The number of rotatable bonds is 6. The molecule has 0 amide bonds. The summed E-state index contributed by atoms with van der Waals surface area (Å²) in [6, 6.07) is 15.4. The summed E-state index contributed by atoms with van der Waals surface area (Å²) in [6.45, 7) is 0. The number of alkyl halides is 3. The van der Waals surface area contributed by atoms with Crippen LogP contribution in [0.1, 0.15) is 5.56 Å². The molecular formula is C24H19F3N2O4. The lowest BCUT2D eigenvalue weighted by Gasteiger charge is -2.16. The Morgan fingerprint density at radius 2 is 1.39 bits per heavy atom. The molecule has 1 aromatic heterocycles. The number of aromatic nitrogens is 2. The molecule has 0 aliphatic carbocycles. The maximum Gasteiger partial charge on any atom is 0.416 e. The van der Waals surface area contributed by atoms with Crippen LogP contribution in [0.2, 0.25) is 0 Å². The summed E-state index contributed by atoms with van der Waals surface area (Å²) in [4.78, 5) is 8.92. The molecule has 0 radical (unpaired) electrons. The van der Waals surface area contributed by atoms with Crippen molar-refractivity contribution in [2.75, 3.05) is 21.3 Å². The van der Waals surface area contributed by atoms with E-state index in [0.717, 1.165) is 12.1 Å². The molecule has 0 aliphatic heterocycles. The fourth-order valence-electron chi connectivity index (χ4n) is 3.30. The smallest absolute Gasteiger partial charge is 0.416 e. The number of halogens is 3. The van der Waals surface area contributed by atoms with Crippen molar-refractivity contribution in [1.29, 1.82) is 0 Å². The Kier molecular flexibility index (Phi) is 5.95. The first kappa shape index (κ1) is 22.2. The molecule has 0 bridgehead atoms. The van der Waals surface area contributed by atoms with E-state index in [9.17, 15) is 13.2 Å². The number of ether oxygens (including phenoxy) is 4. The Morgan fingerprint density at radius 3 is 1.97 bits per heavy atom. The Labute approximate surface area is 187 Å². The lowest BCUT2D eigenvalue weighted by atomic mass is 10.1. The van der Waals surface area contributed by atoms with Gasteiger partial charge >= 0.3 is 6.18 Å². The van der Waals surface area contributed by atoms with E-state index in [-0.39, 0.29) is 17.1 Å². The normalized spacial score (nSPS) is 11.3. The van der Waals surface area contributed by atoms with Gasteiger partial charge in [-0.25, -0.2) is 9.97 Å². The van der Waals surface area contributed by atoms with Crippen molar-refractivity contribution in [3.05, 3.63) is 66.2 Å². The molecule has 0 spiro atoms. The van der Waals surface area contributed by atoms with Crippen LogP contribution in [0.15, 0.2) is 60.7 Å². The number of methoxy groups -OCH3 is 3. The highest BCUT2D eigenvalue weighted by Crippen LogP contribution is 2.43. The van der Waals surface area contributed by atoms with E-state index in [1.165, 1.54) is 27.4 Å². The second-order valence-electron chi connectivity index (χ2n) is 6.91. The van der Waals surface area contributed by atoms with Crippen LogP contribution in [0.3, 0.4) is 0 Å². The van der Waals surface area contributed by atoms with E-state index in [4.69, 9.17) is 18.9 Å². The van der Waals surface area contributed by atoms with Gasteiger partial charge in [-0.2, -0.15) is 13.2 Å². The van der Waals surface area contributed by atoms with Gasteiger partial charge in [0, 0.05) is 17.7 Å². The van der Waals surface area contributed by atoms with Crippen molar-refractivity contribution in [1.82, 2.24) is 9.97 Å². The first-order valence-corrected chi connectivity index (χ1v) is 9.76. The van der Waals surface area contributed by atoms with Crippen molar-refractivity contribution in [3.63, 3.8) is 0 Å². The maximum atomic E-state index is 13.2. The molecule has 3 aromatic carbocycles. The molecule has 0 saturated carbocycles. The highest BCUT2D eigenvalue weighted by molar-refractivity contribution is 5.80. The number of hydrogen-bond donors (Lipinski definition) is 0. The second-order valence-corrected chi connectivity index (χ2v) is 6.91. The van der Waals surface area contributed by atoms with Crippen LogP contribution >= 0.6 is 0 Å². The zero-order valence-corrected chi connectivity index (χ0v) is 17.9. The topological polar surface area (TPSA) is 62.7 Å². The van der Waals surface area contributed by atoms with E-state index in [0.29, 0.717) is 34.0 Å². The summed E-state index contributed by atoms with van der Waals surface area (Å²) in [6.07, 6.45) is -4.51. The van der Waals surface area contributed by atoms with Crippen LogP contribution in [-0.2, 0) is 6.18 Å². The van der Waals surface area contributed by atoms with E-state index in [2.05, 4.69) is 9.97 Å². The first-order chi connectivity index (χ1) is 15.8. The molecule has 0 aliphatic rings. The van der Waals surface area contributed by atoms with Crippen LogP contribution in [-0.4, -0.2) is 31.3 Å². The largest absolute Gasteiger partial charge is 0.493 e. The third-order valence-electron chi connectivity index (χ3n) is 4.86. The van der Waals surface area contributed by atoms with E-state index >= 15 is 0 Å². The summed E-state index contributed by atoms with van der Waals surface area (Å²) in [7, 11) is 4.40. The summed E-state index contributed by atoms with van der Waals surface area (Å²) < 4.78 is 61.7. The van der Waals surface area contributed by atoms with Crippen LogP contribution < -0.4 is 18.9 Å². The van der Waals surface area contributed by atoms with Crippen LogP contribution in [0, 0.1) is 0 Å². The molecule has 6 nitrogen and oxygen atoms in total. The lowest BCUT2D eigenvalue weighted by Crippen LogP contribution is -2.05. The van der Waals surface area contributed by atoms with Crippen LogP contribution in [0.5, 0.6) is 28.9 Å². The van der Waals surface area contributed by atoms with Crippen molar-refractivity contribution < 1.29 is 32.1 Å². The molecule has 170 valence electrons. The molecule has 0 unspecified atom stereocenters. The molecule has 4 rings (SSSR count). The minimum atomic E-state index is -4.51. The second kappa shape index (κ2) is 8.85. The number of fused-ring (bicyclic) bond motifs is 1. The van der Waals surface area contributed by atoms with E-state index in [1.54, 1.807) is 12.1 Å². The van der Waals surface area contributed by atoms with Gasteiger partial charge in [0.2, 0.25) is 11.6 Å². The zero-order chi connectivity index (χ0) is 23.6. The van der Waals surface area contributed by atoms with Crippen molar-refractivity contribution >= 4 is 11.0 Å². The summed E-state index contributed by atoms with van der Waals surface area (Å²) in [5, 5.41) is 0. The van der Waals surface area contributed by atoms with Gasteiger partial charge in [0.25, 0.3) is 0 Å². The fraction of sp³-hybridized carbons (Fsp3) is 0.167.